The average Bonchev–Trinajstić information content (AvgIpc) is 2.43. The van der Waals surface area contributed by atoms with Gasteiger partial charge in [0.15, 0.2) is 5.82 Å². The normalized spacial score (nSPS) is 22.6. The van der Waals surface area contributed by atoms with Gasteiger partial charge in [-0.2, -0.15) is 0 Å². The molecule has 112 valence electrons. The number of hydrogen-bond donors (Lipinski definition) is 2. The van der Waals surface area contributed by atoms with E-state index in [-0.39, 0.29) is 5.56 Å². The summed E-state index contributed by atoms with van der Waals surface area (Å²) >= 11 is 6.91. The molecule has 0 bridgehead atoms. The molecule has 1 saturated heterocycles. The zero-order valence-electron chi connectivity index (χ0n) is 11.9. The van der Waals surface area contributed by atoms with Crippen LogP contribution in [0, 0.1) is 0 Å². The third-order valence-electron chi connectivity index (χ3n) is 4.25. The Kier molecular flexibility index (Phi) is 4.47. The van der Waals surface area contributed by atoms with Crippen LogP contribution in [0.1, 0.15) is 32.0 Å². The summed E-state index contributed by atoms with van der Waals surface area (Å²) in [4.78, 5) is 21.4. The Morgan fingerprint density at radius 3 is 2.95 bits per heavy atom. The van der Waals surface area contributed by atoms with Crippen LogP contribution in [0.15, 0.2) is 25.9 Å². The van der Waals surface area contributed by atoms with Crippen LogP contribution in [-0.2, 0) is 6.54 Å². The van der Waals surface area contributed by atoms with Gasteiger partial charge in [0.05, 0.1) is 23.5 Å². The Labute approximate surface area is 140 Å². The number of rotatable bonds is 2. The number of nitrogens with zero attached hydrogens (tertiary/aromatic N) is 1. The predicted octanol–water partition coefficient (Wildman–Crippen LogP) is 2.41. The number of piperidine rings is 1. The number of likely N-dealkylation sites (tertiary alicyclic amines) is 1. The van der Waals surface area contributed by atoms with Crippen molar-refractivity contribution in [1.29, 1.82) is 0 Å². The van der Waals surface area contributed by atoms with Crippen LogP contribution in [0.2, 0.25) is 0 Å². The monoisotopic (exact) mass is 414 g/mol. The smallest absolute Gasteiger partial charge is 0.259 e. The topological polar surface area (TPSA) is 50.2 Å². The number of fused-ring (bicyclic) bond motifs is 1. The van der Waals surface area contributed by atoms with Gasteiger partial charge in [-0.1, -0.05) is 15.9 Å². The molecule has 0 aliphatic carbocycles. The molecular formula is C15H18Br2N3O+. The minimum Gasteiger partial charge on any atom is -0.326 e. The van der Waals surface area contributed by atoms with E-state index in [9.17, 15) is 4.79 Å². The molecule has 1 aliphatic heterocycles. The standard InChI is InChI=1S/C15H17Br2N3O/c1-9-4-2-3-5-20(9)8-13-18-14-11(15(21)19-13)6-10(16)7-12(14)17/h6-7,9H,2-5,8H2,1H3,(H,18,19,21)/p+1/t9-/m1/s1. The first kappa shape index (κ1) is 15.2. The lowest BCUT2D eigenvalue weighted by molar-refractivity contribution is -0.942. The summed E-state index contributed by atoms with van der Waals surface area (Å²) in [5, 5.41) is 0.613. The van der Waals surface area contributed by atoms with Gasteiger partial charge >= 0.3 is 0 Å². The molecule has 1 aromatic carbocycles. The maximum atomic E-state index is 12.3. The van der Waals surface area contributed by atoms with E-state index in [1.807, 2.05) is 12.1 Å². The zero-order chi connectivity index (χ0) is 15.0. The molecule has 3 rings (SSSR count). The first-order chi connectivity index (χ1) is 10.0. The molecule has 0 amide bonds. The van der Waals surface area contributed by atoms with Crippen LogP contribution in [0.25, 0.3) is 10.9 Å². The van der Waals surface area contributed by atoms with E-state index >= 15 is 0 Å². The Balaban J connectivity index is 1.98. The Morgan fingerprint density at radius 1 is 1.38 bits per heavy atom. The zero-order valence-corrected chi connectivity index (χ0v) is 15.1. The molecule has 1 unspecified atom stereocenters. The minimum absolute atomic E-state index is 0.0685. The summed E-state index contributed by atoms with van der Waals surface area (Å²) in [5.74, 6) is 0.777. The molecule has 1 aromatic heterocycles. The second-order valence-corrected chi connectivity index (χ2v) is 7.55. The van der Waals surface area contributed by atoms with Gasteiger partial charge in [-0.25, -0.2) is 4.98 Å². The maximum absolute atomic E-state index is 12.3. The summed E-state index contributed by atoms with van der Waals surface area (Å²) in [5.41, 5.74) is 0.669. The van der Waals surface area contributed by atoms with Gasteiger partial charge in [-0.3, -0.25) is 4.79 Å². The van der Waals surface area contributed by atoms with E-state index in [1.54, 1.807) is 0 Å². The van der Waals surface area contributed by atoms with Crippen molar-refractivity contribution in [3.8, 4) is 0 Å². The highest BCUT2D eigenvalue weighted by atomic mass is 79.9. The van der Waals surface area contributed by atoms with Crippen molar-refractivity contribution in [2.75, 3.05) is 6.54 Å². The number of quaternary nitrogens is 1. The largest absolute Gasteiger partial charge is 0.326 e. The summed E-state index contributed by atoms with van der Waals surface area (Å²) in [6.45, 7) is 4.22. The molecule has 2 heterocycles. The molecule has 0 spiro atoms. The molecule has 1 fully saturated rings. The second-order valence-electron chi connectivity index (χ2n) is 5.78. The highest BCUT2D eigenvalue weighted by Crippen LogP contribution is 2.24. The number of H-pyrrole nitrogens is 1. The number of aromatic nitrogens is 2. The maximum Gasteiger partial charge on any atom is 0.259 e. The van der Waals surface area contributed by atoms with Gasteiger partial charge in [-0.15, -0.1) is 0 Å². The van der Waals surface area contributed by atoms with Gasteiger partial charge in [0.2, 0.25) is 0 Å². The molecule has 6 heteroatoms. The van der Waals surface area contributed by atoms with E-state index in [4.69, 9.17) is 0 Å². The van der Waals surface area contributed by atoms with Crippen LogP contribution in [-0.4, -0.2) is 22.6 Å². The average molecular weight is 416 g/mol. The lowest BCUT2D eigenvalue weighted by Gasteiger charge is -2.29. The van der Waals surface area contributed by atoms with Crippen LogP contribution in [0.4, 0.5) is 0 Å². The molecule has 2 aromatic rings. The van der Waals surface area contributed by atoms with Crippen LogP contribution < -0.4 is 10.5 Å². The van der Waals surface area contributed by atoms with Crippen LogP contribution in [0.5, 0.6) is 0 Å². The van der Waals surface area contributed by atoms with Crippen LogP contribution in [0.3, 0.4) is 0 Å². The summed E-state index contributed by atoms with van der Waals surface area (Å²) in [6.07, 6.45) is 3.82. The summed E-state index contributed by atoms with van der Waals surface area (Å²) in [7, 11) is 0. The Hall–Kier alpha value is -0.720. The number of benzene rings is 1. The third kappa shape index (κ3) is 3.22. The van der Waals surface area contributed by atoms with E-state index in [2.05, 4.69) is 48.8 Å². The predicted molar refractivity (Wildman–Crippen MR) is 90.6 cm³/mol. The van der Waals surface area contributed by atoms with Gasteiger partial charge in [-0.05, 0) is 54.2 Å². The lowest BCUT2D eigenvalue weighted by Crippen LogP contribution is -3.15. The fourth-order valence-corrected chi connectivity index (χ4v) is 4.34. The quantitative estimate of drug-likeness (QED) is 0.791. The van der Waals surface area contributed by atoms with Gasteiger partial charge in [0, 0.05) is 8.95 Å². The molecule has 2 N–H and O–H groups in total. The number of nitrogens with one attached hydrogen (secondary N) is 2. The van der Waals surface area contributed by atoms with Crippen molar-refractivity contribution >= 4 is 42.8 Å². The van der Waals surface area contributed by atoms with E-state index in [0.29, 0.717) is 11.4 Å². The van der Waals surface area contributed by atoms with E-state index < -0.39 is 0 Å². The molecule has 21 heavy (non-hydrogen) atoms. The molecule has 0 saturated carbocycles. The first-order valence-electron chi connectivity index (χ1n) is 7.27. The molecule has 1 aliphatic rings. The summed E-state index contributed by atoms with van der Waals surface area (Å²) in [6, 6.07) is 4.37. The van der Waals surface area contributed by atoms with Gasteiger partial charge < -0.3 is 9.88 Å². The lowest BCUT2D eigenvalue weighted by atomic mass is 10.0. The van der Waals surface area contributed by atoms with Crippen molar-refractivity contribution in [2.45, 2.75) is 38.8 Å². The fourth-order valence-electron chi connectivity index (χ4n) is 3.03. The highest BCUT2D eigenvalue weighted by Gasteiger charge is 2.23. The number of aromatic amines is 1. The number of halogens is 2. The Morgan fingerprint density at radius 2 is 2.19 bits per heavy atom. The van der Waals surface area contributed by atoms with Crippen molar-refractivity contribution in [3.05, 3.63) is 37.3 Å². The van der Waals surface area contributed by atoms with Crippen molar-refractivity contribution < 1.29 is 4.90 Å². The van der Waals surface area contributed by atoms with Crippen molar-refractivity contribution in [1.82, 2.24) is 9.97 Å². The van der Waals surface area contributed by atoms with Crippen LogP contribution >= 0.6 is 31.9 Å². The second kappa shape index (κ2) is 6.18. The van der Waals surface area contributed by atoms with Gasteiger partial charge in [0.25, 0.3) is 5.56 Å². The molecule has 0 radical (unpaired) electrons. The molecule has 2 atom stereocenters. The van der Waals surface area contributed by atoms with E-state index in [1.165, 1.54) is 24.2 Å². The Bertz CT molecular complexity index is 729. The molecule has 4 nitrogen and oxygen atoms in total. The SMILES string of the molecule is C[C@@H]1CCCC[NH+]1Cc1nc2c(Br)cc(Br)cc2c(=O)[nH]1. The summed E-state index contributed by atoms with van der Waals surface area (Å²) < 4.78 is 1.72. The minimum atomic E-state index is -0.0685. The van der Waals surface area contributed by atoms with Crippen molar-refractivity contribution in [2.24, 2.45) is 0 Å². The van der Waals surface area contributed by atoms with Gasteiger partial charge in [0.1, 0.15) is 6.54 Å². The highest BCUT2D eigenvalue weighted by molar-refractivity contribution is 9.11. The first-order valence-corrected chi connectivity index (χ1v) is 8.85. The molecular weight excluding hydrogens is 398 g/mol. The van der Waals surface area contributed by atoms with E-state index in [0.717, 1.165) is 33.4 Å². The number of hydrogen-bond acceptors (Lipinski definition) is 2. The third-order valence-corrected chi connectivity index (χ3v) is 5.32. The fraction of sp³-hybridized carbons (Fsp3) is 0.467. The van der Waals surface area contributed by atoms with Crippen molar-refractivity contribution in [3.63, 3.8) is 0 Å².